The lowest BCUT2D eigenvalue weighted by atomic mass is 10.2. The van der Waals surface area contributed by atoms with Crippen LogP contribution in [0.2, 0.25) is 0 Å². The molecular weight excluding hydrogens is 351 g/mol. The second kappa shape index (κ2) is 6.51. The van der Waals surface area contributed by atoms with Gasteiger partial charge in [-0.05, 0) is 44.2 Å². The van der Waals surface area contributed by atoms with Crippen molar-refractivity contribution in [2.45, 2.75) is 19.9 Å². The van der Waals surface area contributed by atoms with Crippen LogP contribution in [-0.2, 0) is 4.79 Å². The van der Waals surface area contributed by atoms with Crippen molar-refractivity contribution in [3.63, 3.8) is 0 Å². The van der Waals surface area contributed by atoms with Crippen molar-refractivity contribution in [1.29, 1.82) is 0 Å². The Morgan fingerprint density at radius 1 is 1.30 bits per heavy atom. The van der Waals surface area contributed by atoms with E-state index in [1.165, 1.54) is 35.2 Å². The molecule has 118 valence electrons. The van der Waals surface area contributed by atoms with Crippen LogP contribution in [0.1, 0.15) is 19.5 Å². The fourth-order valence-electron chi connectivity index (χ4n) is 2.14. The molecule has 1 aliphatic heterocycles. The van der Waals surface area contributed by atoms with Crippen molar-refractivity contribution in [2.75, 3.05) is 0 Å². The Hall–Kier alpha value is -1.57. The van der Waals surface area contributed by atoms with Gasteiger partial charge in [-0.1, -0.05) is 24.0 Å². The first-order valence-corrected chi connectivity index (χ1v) is 9.04. The van der Waals surface area contributed by atoms with E-state index in [0.29, 0.717) is 14.9 Å². The highest BCUT2D eigenvalue weighted by Gasteiger charge is 2.33. The summed E-state index contributed by atoms with van der Waals surface area (Å²) in [6, 6.07) is 6.24. The van der Waals surface area contributed by atoms with Gasteiger partial charge in [0.15, 0.2) is 0 Å². The van der Waals surface area contributed by atoms with Crippen LogP contribution in [0.15, 0.2) is 34.6 Å². The number of hydrogen-bond donors (Lipinski definition) is 0. The van der Waals surface area contributed by atoms with Crippen LogP contribution in [0.4, 0.5) is 4.39 Å². The molecule has 3 rings (SSSR count). The number of halogens is 1. The Morgan fingerprint density at radius 2 is 2.00 bits per heavy atom. The van der Waals surface area contributed by atoms with E-state index in [1.54, 1.807) is 23.1 Å². The highest BCUT2D eigenvalue weighted by Crippen LogP contribution is 2.34. The Morgan fingerprint density at radius 3 is 2.61 bits per heavy atom. The van der Waals surface area contributed by atoms with Gasteiger partial charge in [0, 0.05) is 17.0 Å². The number of thiazole rings is 1. The molecule has 1 saturated heterocycles. The molecule has 0 atom stereocenters. The van der Waals surface area contributed by atoms with Crippen molar-refractivity contribution in [3.05, 3.63) is 46.1 Å². The minimum Gasteiger partial charge on any atom is -0.290 e. The third-order valence-corrected chi connectivity index (χ3v) is 5.47. The van der Waals surface area contributed by atoms with Gasteiger partial charge in [0.2, 0.25) is 0 Å². The van der Waals surface area contributed by atoms with E-state index in [4.69, 9.17) is 12.2 Å². The van der Waals surface area contributed by atoms with Crippen molar-refractivity contribution in [3.8, 4) is 10.6 Å². The van der Waals surface area contributed by atoms with Crippen LogP contribution in [-0.4, -0.2) is 26.2 Å². The van der Waals surface area contributed by atoms with E-state index in [9.17, 15) is 9.18 Å². The lowest BCUT2D eigenvalue weighted by molar-refractivity contribution is -0.123. The molecule has 1 aliphatic rings. The molecule has 1 aromatic heterocycles. The highest BCUT2D eigenvalue weighted by molar-refractivity contribution is 8.26. The fraction of sp³-hybridized carbons (Fsp3) is 0.188. The number of thiocarbonyl (C=S) groups is 1. The first kappa shape index (κ1) is 16.3. The summed E-state index contributed by atoms with van der Waals surface area (Å²) in [5, 5.41) is 2.66. The number of benzene rings is 1. The second-order valence-electron chi connectivity index (χ2n) is 5.23. The molecule has 1 fully saturated rings. The average molecular weight is 364 g/mol. The zero-order valence-electron chi connectivity index (χ0n) is 12.4. The molecule has 0 N–H and O–H groups in total. The molecule has 1 aromatic carbocycles. The molecule has 0 spiro atoms. The highest BCUT2D eigenvalue weighted by atomic mass is 32.2. The monoisotopic (exact) mass is 364 g/mol. The lowest BCUT2D eigenvalue weighted by Crippen LogP contribution is -2.34. The zero-order chi connectivity index (χ0) is 16.6. The summed E-state index contributed by atoms with van der Waals surface area (Å²) in [4.78, 5) is 19.0. The summed E-state index contributed by atoms with van der Waals surface area (Å²) in [7, 11) is 0. The Labute approximate surface area is 147 Å². The lowest BCUT2D eigenvalue weighted by Gasteiger charge is -2.18. The predicted octanol–water partition coefficient (Wildman–Crippen LogP) is 4.56. The van der Waals surface area contributed by atoms with Gasteiger partial charge in [-0.2, -0.15) is 0 Å². The van der Waals surface area contributed by atoms with Gasteiger partial charge in [0.05, 0.1) is 10.6 Å². The van der Waals surface area contributed by atoms with E-state index in [-0.39, 0.29) is 17.8 Å². The second-order valence-corrected chi connectivity index (χ2v) is 7.76. The minimum atomic E-state index is -0.275. The van der Waals surface area contributed by atoms with Gasteiger partial charge in [0.1, 0.15) is 15.1 Å². The molecule has 3 nitrogen and oxygen atoms in total. The van der Waals surface area contributed by atoms with Crippen LogP contribution in [0.25, 0.3) is 16.6 Å². The van der Waals surface area contributed by atoms with Gasteiger partial charge in [-0.25, -0.2) is 9.37 Å². The molecule has 7 heteroatoms. The summed E-state index contributed by atoms with van der Waals surface area (Å²) in [6.45, 7) is 3.87. The van der Waals surface area contributed by atoms with Crippen molar-refractivity contribution < 1.29 is 9.18 Å². The molecule has 1 amide bonds. The van der Waals surface area contributed by atoms with Gasteiger partial charge >= 0.3 is 0 Å². The third-order valence-electron chi connectivity index (χ3n) is 3.23. The summed E-state index contributed by atoms with van der Waals surface area (Å²) >= 11 is 8.01. The van der Waals surface area contributed by atoms with Crippen molar-refractivity contribution in [1.82, 2.24) is 9.88 Å². The summed E-state index contributed by atoms with van der Waals surface area (Å²) in [5.41, 5.74) is 1.56. The Kier molecular flexibility index (Phi) is 4.61. The van der Waals surface area contributed by atoms with Gasteiger partial charge in [-0.15, -0.1) is 11.3 Å². The number of amides is 1. The Bertz CT molecular complexity index is 796. The summed E-state index contributed by atoms with van der Waals surface area (Å²) in [6.07, 6.45) is 1.76. The molecule has 0 bridgehead atoms. The van der Waals surface area contributed by atoms with Crippen molar-refractivity contribution >= 4 is 51.6 Å². The van der Waals surface area contributed by atoms with Crippen LogP contribution < -0.4 is 0 Å². The largest absolute Gasteiger partial charge is 0.290 e. The molecular formula is C16H13FN2OS3. The molecule has 2 heterocycles. The average Bonchev–Trinajstić information content (AvgIpc) is 3.05. The maximum absolute atomic E-state index is 13.0. The number of aromatic nitrogens is 1. The van der Waals surface area contributed by atoms with Crippen molar-refractivity contribution in [2.24, 2.45) is 0 Å². The van der Waals surface area contributed by atoms with Crippen LogP contribution in [0.3, 0.4) is 0 Å². The zero-order valence-corrected chi connectivity index (χ0v) is 14.9. The SMILES string of the molecule is CC(C)N1C(=O)/C(=C\c2csc(-c3ccc(F)cc3)n2)SC1=S. The number of rotatable bonds is 3. The van der Waals surface area contributed by atoms with E-state index in [1.807, 2.05) is 19.2 Å². The van der Waals surface area contributed by atoms with E-state index in [0.717, 1.165) is 10.6 Å². The number of carbonyl (C=O) groups excluding carboxylic acids is 1. The quantitative estimate of drug-likeness (QED) is 0.590. The van der Waals surface area contributed by atoms with Gasteiger partial charge < -0.3 is 0 Å². The minimum absolute atomic E-state index is 0.0404. The first-order valence-electron chi connectivity index (χ1n) is 6.94. The molecule has 0 aliphatic carbocycles. The van der Waals surface area contributed by atoms with Gasteiger partial charge in [0.25, 0.3) is 5.91 Å². The maximum atomic E-state index is 13.0. The first-order chi connectivity index (χ1) is 11.0. The number of hydrogen-bond acceptors (Lipinski definition) is 5. The fourth-order valence-corrected chi connectivity index (χ4v) is 4.43. The number of nitrogens with zero attached hydrogens (tertiary/aromatic N) is 2. The normalized spacial score (nSPS) is 16.9. The van der Waals surface area contributed by atoms with E-state index < -0.39 is 0 Å². The maximum Gasteiger partial charge on any atom is 0.266 e. The summed E-state index contributed by atoms with van der Waals surface area (Å²) < 4.78 is 13.6. The molecule has 0 radical (unpaired) electrons. The topological polar surface area (TPSA) is 33.2 Å². The predicted molar refractivity (Wildman–Crippen MR) is 97.7 cm³/mol. The van der Waals surface area contributed by atoms with Crippen LogP contribution >= 0.6 is 35.3 Å². The molecule has 2 aromatic rings. The van der Waals surface area contributed by atoms with Gasteiger partial charge in [-0.3, -0.25) is 9.69 Å². The number of thioether (sulfide) groups is 1. The molecule has 0 unspecified atom stereocenters. The number of carbonyl (C=O) groups is 1. The molecule has 23 heavy (non-hydrogen) atoms. The smallest absolute Gasteiger partial charge is 0.266 e. The molecule has 0 saturated carbocycles. The Balaban J connectivity index is 1.85. The summed E-state index contributed by atoms with van der Waals surface area (Å²) in [5.74, 6) is -0.353. The third kappa shape index (κ3) is 3.36. The van der Waals surface area contributed by atoms with E-state index in [2.05, 4.69) is 4.98 Å². The van der Waals surface area contributed by atoms with Crippen LogP contribution in [0, 0.1) is 5.82 Å². The standard InChI is InChI=1S/C16H13FN2OS3/c1-9(2)19-15(20)13(23-16(19)21)7-12-8-22-14(18-12)10-3-5-11(17)6-4-10/h3-9H,1-2H3/b13-7+. The van der Waals surface area contributed by atoms with Crippen LogP contribution in [0.5, 0.6) is 0 Å². The van der Waals surface area contributed by atoms with E-state index >= 15 is 0 Å².